The number of carbonyl (C=O) groups excluding carboxylic acids is 1. The Labute approximate surface area is 244 Å². The Morgan fingerprint density at radius 1 is 1.26 bits per heavy atom. The van der Waals surface area contributed by atoms with Crippen molar-refractivity contribution in [3.8, 4) is 17.0 Å². The Morgan fingerprint density at radius 2 is 1.86 bits per heavy atom. The molecule has 0 bridgehead atoms. The summed E-state index contributed by atoms with van der Waals surface area (Å²) in [6, 6.07) is 3.10. The number of carbonyl (C=O) groups is 1. The highest BCUT2D eigenvalue weighted by molar-refractivity contribution is 7.91. The second kappa shape index (κ2) is 12.2. The van der Waals surface area contributed by atoms with Crippen LogP contribution in [-0.4, -0.2) is 70.8 Å². The van der Waals surface area contributed by atoms with Crippen molar-refractivity contribution in [1.29, 1.82) is 0 Å². The number of nitrogens with zero attached hydrogens (tertiary/aromatic N) is 2. The fourth-order valence-electron chi connectivity index (χ4n) is 4.80. The van der Waals surface area contributed by atoms with E-state index in [1.165, 1.54) is 4.68 Å². The first-order valence-corrected chi connectivity index (χ1v) is 15.3. The van der Waals surface area contributed by atoms with Crippen molar-refractivity contribution in [3.63, 3.8) is 0 Å². The highest BCUT2D eigenvalue weighted by Gasteiger charge is 2.52. The number of nitrogens with one attached hydrogen (secondary N) is 1. The van der Waals surface area contributed by atoms with E-state index in [1.54, 1.807) is 6.92 Å². The summed E-state index contributed by atoms with van der Waals surface area (Å²) in [7, 11) is -3.27. The molecule has 1 aromatic carbocycles. The molecular weight excluding hydrogens is 613 g/mol. The van der Waals surface area contributed by atoms with E-state index in [0.717, 1.165) is 38.3 Å². The molecule has 0 spiro atoms. The molecule has 1 saturated carbocycles. The summed E-state index contributed by atoms with van der Waals surface area (Å²) in [6.45, 7) is -0.366. The van der Waals surface area contributed by atoms with E-state index in [1.807, 2.05) is 0 Å². The summed E-state index contributed by atoms with van der Waals surface area (Å²) in [5.74, 6) is -1.40. The highest BCUT2D eigenvalue weighted by atomic mass is 35.5. The molecule has 0 aliphatic heterocycles. The molecule has 2 aromatic rings. The van der Waals surface area contributed by atoms with Gasteiger partial charge in [0.15, 0.2) is 5.69 Å². The minimum atomic E-state index is -4.82. The monoisotopic (exact) mass is 645 g/mol. The van der Waals surface area contributed by atoms with Gasteiger partial charge < -0.3 is 20.3 Å². The fraction of sp³-hybridized carbons (Fsp3) is 0.615. The summed E-state index contributed by atoms with van der Waals surface area (Å²) in [5, 5.41) is 27.2. The number of amides is 1. The van der Waals surface area contributed by atoms with Crippen LogP contribution in [0.4, 0.5) is 22.0 Å². The first-order valence-electron chi connectivity index (χ1n) is 13.0. The van der Waals surface area contributed by atoms with E-state index in [4.69, 9.17) is 11.6 Å². The molecule has 1 atom stereocenters. The van der Waals surface area contributed by atoms with Gasteiger partial charge in [-0.3, -0.25) is 9.48 Å². The standard InChI is InChI=1S/C26H33ClF5N3O6S/c1-5-35-20(16-7-6-14(12-17(16)41-23(28)29)21(36)24(2,3)26(30,31)32)18(27)19(34-35)22(37)33-13-25(38)10-8-15(9-11-25)42(4,39)40/h6-7,12,15,21,23,36,38H,5,8-11,13H2,1-4H3,(H,33,37)/t15?,21-,25?/m0/s1. The number of hydrogen-bond donors (Lipinski definition) is 3. The molecule has 3 rings (SSSR count). The predicted octanol–water partition coefficient (Wildman–Crippen LogP) is 4.89. The molecule has 1 aliphatic rings. The maximum atomic E-state index is 13.5. The Hall–Kier alpha value is -2.49. The zero-order chi connectivity index (χ0) is 31.8. The molecule has 16 heteroatoms. The second-order valence-corrected chi connectivity index (χ2v) is 13.7. The van der Waals surface area contributed by atoms with Crippen molar-refractivity contribution in [3.05, 3.63) is 34.5 Å². The topological polar surface area (TPSA) is 131 Å². The molecule has 236 valence electrons. The fourth-order valence-corrected chi connectivity index (χ4v) is 6.22. The molecular formula is C26H33ClF5N3O6S. The third kappa shape index (κ3) is 7.17. The Balaban J connectivity index is 1.92. The smallest absolute Gasteiger partial charge is 0.396 e. The number of benzene rings is 1. The number of rotatable bonds is 10. The lowest BCUT2D eigenvalue weighted by molar-refractivity contribution is -0.243. The molecule has 1 fully saturated rings. The van der Waals surface area contributed by atoms with Crippen molar-refractivity contribution in [2.45, 2.75) is 82.7 Å². The second-order valence-electron chi connectivity index (χ2n) is 11.0. The molecule has 1 amide bonds. The zero-order valence-electron chi connectivity index (χ0n) is 23.3. The van der Waals surface area contributed by atoms with Crippen LogP contribution in [0, 0.1) is 5.41 Å². The lowest BCUT2D eigenvalue weighted by Crippen LogP contribution is -2.47. The van der Waals surface area contributed by atoms with E-state index in [0.29, 0.717) is 0 Å². The van der Waals surface area contributed by atoms with Gasteiger partial charge in [-0.1, -0.05) is 17.7 Å². The van der Waals surface area contributed by atoms with E-state index >= 15 is 0 Å². The Bertz CT molecular complexity index is 1410. The van der Waals surface area contributed by atoms with Gasteiger partial charge in [-0.05, 0) is 64.2 Å². The van der Waals surface area contributed by atoms with Crippen molar-refractivity contribution in [2.24, 2.45) is 5.41 Å². The van der Waals surface area contributed by atoms with Crippen LogP contribution in [0.25, 0.3) is 11.3 Å². The van der Waals surface area contributed by atoms with Gasteiger partial charge >= 0.3 is 12.8 Å². The van der Waals surface area contributed by atoms with Crippen molar-refractivity contribution >= 4 is 27.3 Å². The van der Waals surface area contributed by atoms with Crippen molar-refractivity contribution in [2.75, 3.05) is 12.8 Å². The molecule has 9 nitrogen and oxygen atoms in total. The molecule has 1 aliphatic carbocycles. The summed E-state index contributed by atoms with van der Waals surface area (Å²) < 4.78 is 96.6. The van der Waals surface area contributed by atoms with Crippen LogP contribution >= 0.6 is 11.6 Å². The predicted molar refractivity (Wildman–Crippen MR) is 144 cm³/mol. The number of sulfone groups is 1. The van der Waals surface area contributed by atoms with Crippen molar-refractivity contribution in [1.82, 2.24) is 15.1 Å². The molecule has 1 heterocycles. The van der Waals surface area contributed by atoms with Crippen LogP contribution < -0.4 is 10.1 Å². The van der Waals surface area contributed by atoms with Crippen LogP contribution in [-0.2, 0) is 16.4 Å². The molecule has 3 N–H and O–H groups in total. The lowest BCUT2D eigenvalue weighted by atomic mass is 9.81. The van der Waals surface area contributed by atoms with Crippen LogP contribution in [0.3, 0.4) is 0 Å². The first-order chi connectivity index (χ1) is 19.2. The number of aliphatic hydroxyl groups excluding tert-OH is 1. The number of aromatic nitrogens is 2. The largest absolute Gasteiger partial charge is 0.434 e. The van der Waals surface area contributed by atoms with Crippen LogP contribution in [0.2, 0.25) is 5.02 Å². The van der Waals surface area contributed by atoms with Crippen molar-refractivity contribution < 1.29 is 50.1 Å². The van der Waals surface area contributed by atoms with Gasteiger partial charge in [-0.25, -0.2) is 8.42 Å². The average Bonchev–Trinajstić information content (AvgIpc) is 3.21. The maximum absolute atomic E-state index is 13.5. The van der Waals surface area contributed by atoms with E-state index in [9.17, 15) is 45.4 Å². The number of alkyl halides is 5. The minimum absolute atomic E-state index is 0.0385. The molecule has 0 unspecified atom stereocenters. The molecule has 42 heavy (non-hydrogen) atoms. The van der Waals surface area contributed by atoms with Gasteiger partial charge in [0, 0.05) is 24.9 Å². The van der Waals surface area contributed by atoms with Gasteiger partial charge in [-0.15, -0.1) is 0 Å². The highest BCUT2D eigenvalue weighted by Crippen LogP contribution is 2.48. The van der Waals surface area contributed by atoms with Gasteiger partial charge in [0.05, 0.1) is 33.1 Å². The average molecular weight is 646 g/mol. The number of aliphatic hydroxyl groups is 2. The summed E-state index contributed by atoms with van der Waals surface area (Å²) >= 11 is 6.49. The summed E-state index contributed by atoms with van der Waals surface area (Å²) in [5.41, 5.74) is -4.80. The number of hydrogen-bond acceptors (Lipinski definition) is 7. The third-order valence-corrected chi connectivity index (χ3v) is 9.70. The quantitative estimate of drug-likeness (QED) is 0.314. The Morgan fingerprint density at radius 3 is 2.36 bits per heavy atom. The van der Waals surface area contributed by atoms with E-state index in [2.05, 4.69) is 15.2 Å². The van der Waals surface area contributed by atoms with E-state index < -0.39 is 56.7 Å². The van der Waals surface area contributed by atoms with Crippen LogP contribution in [0.15, 0.2) is 18.2 Å². The van der Waals surface area contributed by atoms with Gasteiger partial charge in [-0.2, -0.15) is 27.1 Å². The first kappa shape index (κ1) is 34.0. The Kier molecular flexibility index (Phi) is 9.92. The lowest BCUT2D eigenvalue weighted by Gasteiger charge is -2.35. The number of halogens is 6. The minimum Gasteiger partial charge on any atom is -0.434 e. The zero-order valence-corrected chi connectivity index (χ0v) is 24.9. The van der Waals surface area contributed by atoms with Gasteiger partial charge in [0.1, 0.15) is 15.6 Å². The van der Waals surface area contributed by atoms with Crippen LogP contribution in [0.5, 0.6) is 5.75 Å². The van der Waals surface area contributed by atoms with Crippen LogP contribution in [0.1, 0.15) is 68.6 Å². The molecule has 0 radical (unpaired) electrons. The molecule has 1 aromatic heterocycles. The number of aryl methyl sites for hydroxylation is 1. The van der Waals surface area contributed by atoms with Gasteiger partial charge in [0.25, 0.3) is 5.91 Å². The summed E-state index contributed by atoms with van der Waals surface area (Å²) in [4.78, 5) is 13.0. The third-order valence-electron chi connectivity index (χ3n) is 7.66. The molecule has 0 saturated heterocycles. The van der Waals surface area contributed by atoms with E-state index in [-0.39, 0.29) is 66.3 Å². The normalized spacial score (nSPS) is 20.9. The number of ether oxygens (including phenoxy) is 1. The SMILES string of the molecule is CCn1nc(C(=O)NCC2(O)CCC(S(C)(=O)=O)CC2)c(Cl)c1-c1ccc([C@H](O)C(C)(C)C(F)(F)F)cc1OC(F)F. The van der Waals surface area contributed by atoms with Gasteiger partial charge in [0.2, 0.25) is 0 Å². The maximum Gasteiger partial charge on any atom is 0.396 e. The summed E-state index contributed by atoms with van der Waals surface area (Å²) in [6.07, 6.45) is -5.11.